The Morgan fingerprint density at radius 2 is 2.04 bits per heavy atom. The van der Waals surface area contributed by atoms with Crippen LogP contribution in [0.15, 0.2) is 41.8 Å². The SMILES string of the molecule is CC(CC(=O)N1CCC(C2Nc3ccccc3S(=O)(=O)N2)CC1)n1cncn1. The zero-order valence-corrected chi connectivity index (χ0v) is 16.5. The number of aromatic nitrogens is 3. The second-order valence-electron chi connectivity index (χ2n) is 7.39. The number of hydrogen-bond donors (Lipinski definition) is 2. The predicted octanol–water partition coefficient (Wildman–Crippen LogP) is 1.20. The van der Waals surface area contributed by atoms with Crippen molar-refractivity contribution in [3.63, 3.8) is 0 Å². The van der Waals surface area contributed by atoms with Crippen molar-refractivity contribution in [2.45, 2.75) is 43.3 Å². The Balaban J connectivity index is 1.35. The van der Waals surface area contributed by atoms with Gasteiger partial charge in [0.15, 0.2) is 0 Å². The van der Waals surface area contributed by atoms with Gasteiger partial charge < -0.3 is 10.2 Å². The van der Waals surface area contributed by atoms with Crippen LogP contribution in [-0.4, -0.2) is 53.2 Å². The van der Waals surface area contributed by atoms with E-state index in [2.05, 4.69) is 20.1 Å². The lowest BCUT2D eigenvalue weighted by molar-refractivity contribution is -0.133. The summed E-state index contributed by atoms with van der Waals surface area (Å²) in [7, 11) is -3.52. The fourth-order valence-corrected chi connectivity index (χ4v) is 5.25. The molecule has 1 amide bonds. The van der Waals surface area contributed by atoms with Crippen LogP contribution in [0.3, 0.4) is 0 Å². The lowest BCUT2D eigenvalue weighted by atomic mass is 9.93. The van der Waals surface area contributed by atoms with E-state index in [9.17, 15) is 13.2 Å². The minimum atomic E-state index is -3.52. The predicted molar refractivity (Wildman–Crippen MR) is 103 cm³/mol. The van der Waals surface area contributed by atoms with E-state index in [0.717, 1.165) is 12.8 Å². The minimum Gasteiger partial charge on any atom is -0.368 e. The maximum atomic E-state index is 12.6. The van der Waals surface area contributed by atoms with Crippen molar-refractivity contribution >= 4 is 21.6 Å². The Morgan fingerprint density at radius 3 is 2.75 bits per heavy atom. The molecule has 0 bridgehead atoms. The normalized spacial score (nSPS) is 22.9. The molecule has 0 radical (unpaired) electrons. The Bertz CT molecular complexity index is 938. The summed E-state index contributed by atoms with van der Waals surface area (Å²) >= 11 is 0. The zero-order chi connectivity index (χ0) is 19.7. The van der Waals surface area contributed by atoms with Crippen molar-refractivity contribution in [3.8, 4) is 0 Å². The third-order valence-corrected chi connectivity index (χ3v) is 6.99. The lowest BCUT2D eigenvalue weighted by Gasteiger charge is -2.39. The lowest BCUT2D eigenvalue weighted by Crippen LogP contribution is -2.52. The van der Waals surface area contributed by atoms with Gasteiger partial charge in [-0.1, -0.05) is 12.1 Å². The minimum absolute atomic E-state index is 0.0453. The van der Waals surface area contributed by atoms with Crippen LogP contribution in [0.2, 0.25) is 0 Å². The number of nitrogens with zero attached hydrogens (tertiary/aromatic N) is 4. The maximum absolute atomic E-state index is 12.6. The number of amides is 1. The van der Waals surface area contributed by atoms with Crippen molar-refractivity contribution < 1.29 is 13.2 Å². The van der Waals surface area contributed by atoms with Gasteiger partial charge in [-0.25, -0.2) is 18.1 Å². The smallest absolute Gasteiger partial charge is 0.244 e. The van der Waals surface area contributed by atoms with Gasteiger partial charge in [-0.2, -0.15) is 9.82 Å². The highest BCUT2D eigenvalue weighted by atomic mass is 32.2. The fraction of sp³-hybridized carbons (Fsp3) is 0.500. The monoisotopic (exact) mass is 404 g/mol. The molecule has 4 rings (SSSR count). The standard InChI is InChI=1S/C18H24N6O3S/c1-13(24-12-19-11-20-24)10-17(25)23-8-6-14(7-9-23)18-21-15-4-2-3-5-16(15)28(26,27)22-18/h2-5,11-14,18,21-22H,6-10H2,1H3. The molecule has 3 heterocycles. The molecule has 1 aromatic carbocycles. The third kappa shape index (κ3) is 3.74. The molecule has 1 aromatic heterocycles. The number of hydrogen-bond acceptors (Lipinski definition) is 6. The number of nitrogens with one attached hydrogen (secondary N) is 2. The van der Waals surface area contributed by atoms with Crippen LogP contribution >= 0.6 is 0 Å². The highest BCUT2D eigenvalue weighted by Gasteiger charge is 2.35. The fourth-order valence-electron chi connectivity index (χ4n) is 3.86. The Kier molecular flexibility index (Phi) is 5.07. The molecule has 10 heteroatoms. The topological polar surface area (TPSA) is 109 Å². The molecule has 2 aromatic rings. The molecule has 0 aliphatic carbocycles. The molecule has 9 nitrogen and oxygen atoms in total. The zero-order valence-electron chi connectivity index (χ0n) is 15.7. The number of benzene rings is 1. The highest BCUT2D eigenvalue weighted by molar-refractivity contribution is 7.89. The molecular weight excluding hydrogens is 380 g/mol. The van der Waals surface area contributed by atoms with Gasteiger partial charge in [0.05, 0.1) is 17.9 Å². The van der Waals surface area contributed by atoms with Crippen molar-refractivity contribution in [3.05, 3.63) is 36.9 Å². The van der Waals surface area contributed by atoms with Gasteiger partial charge in [0.2, 0.25) is 15.9 Å². The van der Waals surface area contributed by atoms with E-state index in [0.29, 0.717) is 25.2 Å². The van der Waals surface area contributed by atoms with E-state index in [1.54, 1.807) is 29.2 Å². The van der Waals surface area contributed by atoms with E-state index in [1.165, 1.54) is 6.33 Å². The molecule has 1 fully saturated rings. The Hall–Kier alpha value is -2.46. The highest BCUT2D eigenvalue weighted by Crippen LogP contribution is 2.31. The summed E-state index contributed by atoms with van der Waals surface area (Å²) in [6, 6.07) is 6.87. The average Bonchev–Trinajstić information content (AvgIpc) is 3.22. The van der Waals surface area contributed by atoms with Gasteiger partial charge in [-0.3, -0.25) is 4.79 Å². The Labute approximate surface area is 164 Å². The second kappa shape index (κ2) is 7.51. The maximum Gasteiger partial charge on any atom is 0.244 e. The summed E-state index contributed by atoms with van der Waals surface area (Å²) in [4.78, 5) is 18.6. The third-order valence-electron chi connectivity index (χ3n) is 5.49. The summed E-state index contributed by atoms with van der Waals surface area (Å²) in [5, 5.41) is 7.39. The summed E-state index contributed by atoms with van der Waals surface area (Å²) in [6.07, 6.45) is 4.57. The van der Waals surface area contributed by atoms with Gasteiger partial charge in [-0.15, -0.1) is 0 Å². The molecule has 0 spiro atoms. The van der Waals surface area contributed by atoms with Crippen LogP contribution in [0.5, 0.6) is 0 Å². The van der Waals surface area contributed by atoms with Crippen LogP contribution in [0.25, 0.3) is 0 Å². The van der Waals surface area contributed by atoms with Crippen molar-refractivity contribution in [2.24, 2.45) is 5.92 Å². The Morgan fingerprint density at radius 1 is 1.29 bits per heavy atom. The molecule has 1 saturated heterocycles. The van der Waals surface area contributed by atoms with E-state index < -0.39 is 10.0 Å². The quantitative estimate of drug-likeness (QED) is 0.792. The van der Waals surface area contributed by atoms with Crippen LogP contribution in [0.4, 0.5) is 5.69 Å². The van der Waals surface area contributed by atoms with Gasteiger partial charge >= 0.3 is 0 Å². The summed E-state index contributed by atoms with van der Waals surface area (Å²) in [6.45, 7) is 3.18. The number of fused-ring (bicyclic) bond motifs is 1. The van der Waals surface area contributed by atoms with E-state index in [1.807, 2.05) is 17.9 Å². The van der Waals surface area contributed by atoms with Gasteiger partial charge in [-0.05, 0) is 37.8 Å². The van der Waals surface area contributed by atoms with Crippen molar-refractivity contribution in [1.82, 2.24) is 24.4 Å². The van der Waals surface area contributed by atoms with Crippen LogP contribution in [0, 0.1) is 5.92 Å². The second-order valence-corrected chi connectivity index (χ2v) is 9.07. The summed E-state index contributed by atoms with van der Waals surface area (Å²) in [5.41, 5.74) is 0.631. The molecule has 150 valence electrons. The number of carbonyl (C=O) groups is 1. The molecule has 28 heavy (non-hydrogen) atoms. The van der Waals surface area contributed by atoms with Gasteiger partial charge in [0.1, 0.15) is 17.6 Å². The summed E-state index contributed by atoms with van der Waals surface area (Å²) < 4.78 is 29.4. The molecule has 2 aliphatic rings. The molecule has 2 aliphatic heterocycles. The molecule has 0 saturated carbocycles. The first-order valence-corrected chi connectivity index (χ1v) is 10.9. The van der Waals surface area contributed by atoms with Gasteiger partial charge in [0.25, 0.3) is 0 Å². The first-order valence-electron chi connectivity index (χ1n) is 9.44. The number of carbonyl (C=O) groups excluding carboxylic acids is 1. The largest absolute Gasteiger partial charge is 0.368 e. The molecule has 2 atom stereocenters. The molecular formula is C18H24N6O3S. The van der Waals surface area contributed by atoms with Crippen LogP contribution < -0.4 is 10.0 Å². The van der Waals surface area contributed by atoms with E-state index >= 15 is 0 Å². The number of sulfonamides is 1. The molecule has 2 N–H and O–H groups in total. The molecule has 2 unspecified atom stereocenters. The number of anilines is 1. The van der Waals surface area contributed by atoms with E-state index in [4.69, 9.17) is 0 Å². The number of para-hydroxylation sites is 1. The number of piperidine rings is 1. The van der Waals surface area contributed by atoms with Crippen molar-refractivity contribution in [1.29, 1.82) is 0 Å². The first-order chi connectivity index (χ1) is 13.4. The van der Waals surface area contributed by atoms with Crippen LogP contribution in [-0.2, 0) is 14.8 Å². The first kappa shape index (κ1) is 18.9. The van der Waals surface area contributed by atoms with Crippen molar-refractivity contribution in [2.75, 3.05) is 18.4 Å². The van der Waals surface area contributed by atoms with Gasteiger partial charge in [0, 0.05) is 19.5 Å². The summed E-state index contributed by atoms with van der Waals surface area (Å²) in [5.74, 6) is 0.212. The number of rotatable bonds is 4. The van der Waals surface area contributed by atoms with Crippen LogP contribution in [0.1, 0.15) is 32.2 Å². The van der Waals surface area contributed by atoms with E-state index in [-0.39, 0.29) is 28.9 Å². The average molecular weight is 404 g/mol. The number of likely N-dealkylation sites (tertiary alicyclic amines) is 1.